The first-order valence-corrected chi connectivity index (χ1v) is 34.9. The van der Waals surface area contributed by atoms with Crippen molar-refractivity contribution in [2.24, 2.45) is 0 Å². The molecule has 0 saturated heterocycles. The van der Waals surface area contributed by atoms with Gasteiger partial charge < -0.3 is 14.2 Å². The summed E-state index contributed by atoms with van der Waals surface area (Å²) in [5.41, 5.74) is 0. The van der Waals surface area contributed by atoms with E-state index in [0.29, 0.717) is 19.3 Å². The van der Waals surface area contributed by atoms with Crippen LogP contribution in [0.5, 0.6) is 0 Å². The van der Waals surface area contributed by atoms with Crippen LogP contribution in [0.25, 0.3) is 0 Å². The Hall–Kier alpha value is -3.93. The van der Waals surface area contributed by atoms with E-state index in [1.54, 1.807) is 0 Å². The number of hydrogen-bond donors (Lipinski definition) is 0. The van der Waals surface area contributed by atoms with Crippen molar-refractivity contribution in [1.29, 1.82) is 0 Å². The summed E-state index contributed by atoms with van der Waals surface area (Å²) < 4.78 is 17.0. The van der Waals surface area contributed by atoms with Crippen LogP contribution in [0.15, 0.2) is 109 Å². The summed E-state index contributed by atoms with van der Waals surface area (Å²) >= 11 is 0. The lowest BCUT2D eigenvalue weighted by Gasteiger charge is -2.18. The second-order valence-electron chi connectivity index (χ2n) is 23.1. The summed E-state index contributed by atoms with van der Waals surface area (Å²) in [6.07, 6.45) is 95.3. The molecule has 82 heavy (non-hydrogen) atoms. The molecular weight excluding hydrogens is 1010 g/mol. The highest BCUT2D eigenvalue weighted by Crippen LogP contribution is 2.17. The van der Waals surface area contributed by atoms with Gasteiger partial charge in [0.2, 0.25) is 0 Å². The minimum atomic E-state index is -0.785. The van der Waals surface area contributed by atoms with Crippen molar-refractivity contribution < 1.29 is 28.6 Å². The van der Waals surface area contributed by atoms with Crippen molar-refractivity contribution in [3.63, 3.8) is 0 Å². The van der Waals surface area contributed by atoms with Crippen molar-refractivity contribution in [2.75, 3.05) is 13.2 Å². The molecule has 6 heteroatoms. The fraction of sp³-hybridized carbons (Fsp3) is 0.724. The van der Waals surface area contributed by atoms with Crippen LogP contribution in [0, 0.1) is 0 Å². The van der Waals surface area contributed by atoms with Gasteiger partial charge in [0, 0.05) is 19.3 Å². The zero-order chi connectivity index (χ0) is 59.2. The highest BCUT2D eigenvalue weighted by molar-refractivity contribution is 5.71. The normalized spacial score (nSPS) is 12.8. The van der Waals surface area contributed by atoms with Gasteiger partial charge in [-0.15, -0.1) is 0 Å². The topological polar surface area (TPSA) is 78.9 Å². The maximum Gasteiger partial charge on any atom is 0.306 e. The van der Waals surface area contributed by atoms with E-state index in [9.17, 15) is 14.4 Å². The molecule has 0 radical (unpaired) electrons. The number of carbonyl (C=O) groups is 3. The van der Waals surface area contributed by atoms with Crippen LogP contribution < -0.4 is 0 Å². The molecule has 0 bridgehead atoms. The second-order valence-corrected chi connectivity index (χ2v) is 23.1. The number of esters is 3. The van der Waals surface area contributed by atoms with E-state index >= 15 is 0 Å². The number of allylic oxidation sites excluding steroid dienone is 18. The summed E-state index contributed by atoms with van der Waals surface area (Å²) in [6.45, 7) is 6.54. The minimum absolute atomic E-state index is 0.0815. The van der Waals surface area contributed by atoms with Crippen molar-refractivity contribution >= 4 is 17.9 Å². The van der Waals surface area contributed by atoms with Gasteiger partial charge in [0.05, 0.1) is 0 Å². The molecule has 0 saturated carbocycles. The number of rotatable bonds is 63. The van der Waals surface area contributed by atoms with Crippen LogP contribution in [0.1, 0.15) is 335 Å². The molecule has 0 fully saturated rings. The third-order valence-corrected chi connectivity index (χ3v) is 15.0. The van der Waals surface area contributed by atoms with Crippen LogP contribution in [0.2, 0.25) is 0 Å². The Morgan fingerprint density at radius 2 is 0.476 bits per heavy atom. The standard InChI is InChI=1S/C76H130O6/c1-4-7-10-13-16-19-22-25-28-30-31-32-33-34-35-36-37-38-39-40-41-42-43-44-45-46-49-51-54-57-60-63-66-69-75(78)81-72-73(71-80-74(77)68-65-62-59-56-53-50-47-27-24-21-18-15-12-9-6-3)82-76(79)70-67-64-61-58-55-52-48-29-26-23-20-17-14-11-8-5-2/h7,10,16,19,25,27-28,31-32,34-35,37-38,40-41,43-44,47,73H,4-6,8-9,11-15,17-18,20-24,26,29-30,33,36,39,42,45-46,48-72H2,1-3H3/b10-7-,19-16-,28-25-,32-31-,35-34-,38-37-,41-40-,44-43-,47-27-. The van der Waals surface area contributed by atoms with Crippen molar-refractivity contribution in [3.05, 3.63) is 109 Å². The first-order valence-electron chi connectivity index (χ1n) is 34.9. The smallest absolute Gasteiger partial charge is 0.306 e. The number of unbranched alkanes of at least 4 members (excludes halogenated alkanes) is 34. The van der Waals surface area contributed by atoms with Gasteiger partial charge in [0.25, 0.3) is 0 Å². The quantitative estimate of drug-likeness (QED) is 0.0261. The zero-order valence-corrected chi connectivity index (χ0v) is 54.0. The highest BCUT2D eigenvalue weighted by atomic mass is 16.6. The molecule has 0 heterocycles. The van der Waals surface area contributed by atoms with Crippen molar-refractivity contribution in [3.8, 4) is 0 Å². The summed E-state index contributed by atoms with van der Waals surface area (Å²) in [5.74, 6) is -0.883. The molecule has 0 rings (SSSR count). The fourth-order valence-electron chi connectivity index (χ4n) is 9.81. The van der Waals surface area contributed by atoms with Gasteiger partial charge in [0.1, 0.15) is 13.2 Å². The zero-order valence-electron chi connectivity index (χ0n) is 54.0. The summed E-state index contributed by atoms with van der Waals surface area (Å²) in [4.78, 5) is 38.4. The van der Waals surface area contributed by atoms with Crippen LogP contribution in [-0.4, -0.2) is 37.2 Å². The van der Waals surface area contributed by atoms with E-state index in [1.165, 1.54) is 173 Å². The van der Waals surface area contributed by atoms with Gasteiger partial charge in [0.15, 0.2) is 6.10 Å². The monoisotopic (exact) mass is 1140 g/mol. The molecule has 0 aromatic heterocycles. The number of hydrogen-bond acceptors (Lipinski definition) is 6. The van der Waals surface area contributed by atoms with E-state index in [-0.39, 0.29) is 31.1 Å². The molecule has 1 atom stereocenters. The lowest BCUT2D eigenvalue weighted by atomic mass is 10.0. The molecule has 0 aliphatic rings. The van der Waals surface area contributed by atoms with Gasteiger partial charge in [-0.2, -0.15) is 0 Å². The van der Waals surface area contributed by atoms with Crippen molar-refractivity contribution in [1.82, 2.24) is 0 Å². The summed E-state index contributed by atoms with van der Waals surface area (Å²) in [6, 6.07) is 0. The predicted molar refractivity (Wildman–Crippen MR) is 357 cm³/mol. The Bertz CT molecular complexity index is 1640. The predicted octanol–water partition coefficient (Wildman–Crippen LogP) is 24.2. The van der Waals surface area contributed by atoms with Crippen LogP contribution in [-0.2, 0) is 28.6 Å². The molecule has 470 valence electrons. The lowest BCUT2D eigenvalue weighted by molar-refractivity contribution is -0.167. The first kappa shape index (κ1) is 78.1. The Morgan fingerprint density at radius 3 is 0.756 bits per heavy atom. The summed E-state index contributed by atoms with van der Waals surface area (Å²) in [5, 5.41) is 0. The summed E-state index contributed by atoms with van der Waals surface area (Å²) in [7, 11) is 0. The fourth-order valence-corrected chi connectivity index (χ4v) is 9.81. The maximum atomic E-state index is 12.9. The SMILES string of the molecule is CC/C=C\C/C=C\C/C=C\C/C=C\C/C=C\C/C=C\C/C=C\C/C=C\CCCCCCCCCCC(=O)OCC(COC(=O)CCCCCCC/C=C\CCCCCCCC)OC(=O)CCCCCCCCCCCCCCCCCC. The van der Waals surface area contributed by atoms with Gasteiger partial charge >= 0.3 is 17.9 Å². The maximum absolute atomic E-state index is 12.9. The third-order valence-electron chi connectivity index (χ3n) is 15.0. The van der Waals surface area contributed by atoms with Gasteiger partial charge in [-0.3, -0.25) is 14.4 Å². The van der Waals surface area contributed by atoms with E-state index in [1.807, 2.05) is 0 Å². The van der Waals surface area contributed by atoms with E-state index in [2.05, 4.69) is 130 Å². The highest BCUT2D eigenvalue weighted by Gasteiger charge is 2.19. The second kappa shape index (κ2) is 69.6. The largest absolute Gasteiger partial charge is 0.462 e. The lowest BCUT2D eigenvalue weighted by Crippen LogP contribution is -2.30. The average molecular weight is 1140 g/mol. The number of ether oxygens (including phenoxy) is 3. The first-order chi connectivity index (χ1) is 40.5. The van der Waals surface area contributed by atoms with E-state index in [4.69, 9.17) is 14.2 Å². The number of carbonyl (C=O) groups excluding carboxylic acids is 3. The van der Waals surface area contributed by atoms with Gasteiger partial charge in [-0.1, -0.05) is 316 Å². The molecule has 0 amide bonds. The van der Waals surface area contributed by atoms with Crippen molar-refractivity contribution in [2.45, 2.75) is 341 Å². The molecule has 0 aliphatic heterocycles. The van der Waals surface area contributed by atoms with Crippen LogP contribution in [0.3, 0.4) is 0 Å². The molecule has 0 spiro atoms. The molecule has 0 aromatic rings. The molecule has 6 nitrogen and oxygen atoms in total. The molecular formula is C76H130O6. The minimum Gasteiger partial charge on any atom is -0.462 e. The Balaban J connectivity index is 4.29. The van der Waals surface area contributed by atoms with Crippen LogP contribution in [0.4, 0.5) is 0 Å². The molecule has 0 aliphatic carbocycles. The third kappa shape index (κ3) is 66.9. The molecule has 1 unspecified atom stereocenters. The van der Waals surface area contributed by atoms with Crippen LogP contribution >= 0.6 is 0 Å². The van der Waals surface area contributed by atoms with E-state index < -0.39 is 6.10 Å². The molecule has 0 aromatic carbocycles. The van der Waals surface area contributed by atoms with E-state index in [0.717, 1.165) is 122 Å². The Kier molecular flexibility index (Phi) is 66.2. The Morgan fingerprint density at radius 1 is 0.256 bits per heavy atom. The van der Waals surface area contributed by atoms with Gasteiger partial charge in [-0.25, -0.2) is 0 Å². The molecule has 0 N–H and O–H groups in total. The van der Waals surface area contributed by atoms with Gasteiger partial charge in [-0.05, 0) is 109 Å². The Labute approximate surface area is 508 Å². The average Bonchev–Trinajstić information content (AvgIpc) is 3.47.